The van der Waals surface area contributed by atoms with Gasteiger partial charge in [0.15, 0.2) is 5.75 Å². The van der Waals surface area contributed by atoms with Gasteiger partial charge in [-0.25, -0.2) is 0 Å². The maximum absolute atomic E-state index is 5.62. The maximum Gasteiger partial charge on any atom is 0.162 e. The average Bonchev–Trinajstić information content (AvgIpc) is 2.98. The molecule has 0 spiro atoms. The van der Waals surface area contributed by atoms with Gasteiger partial charge in [-0.1, -0.05) is 0 Å². The minimum Gasteiger partial charge on any atom is -0.493 e. The van der Waals surface area contributed by atoms with E-state index in [1.165, 1.54) is 0 Å². The molecule has 5 nitrogen and oxygen atoms in total. The molecule has 0 aliphatic carbocycles. The molecule has 1 atom stereocenters. The predicted octanol–water partition coefficient (Wildman–Crippen LogP) is 2.68. The Labute approximate surface area is 113 Å². The van der Waals surface area contributed by atoms with Crippen LogP contribution in [0.15, 0.2) is 22.9 Å². The Balaban J connectivity index is 2.54. The number of ether oxygens (including phenoxy) is 1. The Hall–Kier alpha value is -1.75. The summed E-state index contributed by atoms with van der Waals surface area (Å²) in [5.74, 6) is 1.66. The van der Waals surface area contributed by atoms with Crippen molar-refractivity contribution in [2.24, 2.45) is 0 Å². The van der Waals surface area contributed by atoms with Crippen LogP contribution in [0.5, 0.6) is 5.75 Å². The van der Waals surface area contributed by atoms with Crippen molar-refractivity contribution in [1.29, 1.82) is 0 Å². The molecule has 0 bridgehead atoms. The van der Waals surface area contributed by atoms with Crippen LogP contribution >= 0.6 is 0 Å². The number of aryl methyl sites for hydroxylation is 1. The lowest BCUT2D eigenvalue weighted by Gasteiger charge is -2.20. The van der Waals surface area contributed by atoms with Gasteiger partial charge in [-0.3, -0.25) is 4.68 Å². The van der Waals surface area contributed by atoms with Gasteiger partial charge in [0.05, 0.1) is 19.6 Å². The van der Waals surface area contributed by atoms with Crippen LogP contribution in [0.3, 0.4) is 0 Å². The first kappa shape index (κ1) is 13.7. The lowest BCUT2D eigenvalue weighted by atomic mass is 10.1. The maximum atomic E-state index is 5.62. The molecule has 0 fully saturated rings. The summed E-state index contributed by atoms with van der Waals surface area (Å²) < 4.78 is 13.0. The highest BCUT2D eigenvalue weighted by atomic mass is 16.5. The second-order valence-electron chi connectivity index (χ2n) is 4.83. The van der Waals surface area contributed by atoms with Crippen molar-refractivity contribution in [3.8, 4) is 5.75 Å². The average molecular weight is 263 g/mol. The van der Waals surface area contributed by atoms with Gasteiger partial charge in [0.25, 0.3) is 0 Å². The fourth-order valence-electron chi connectivity index (χ4n) is 2.27. The van der Waals surface area contributed by atoms with Crippen molar-refractivity contribution in [1.82, 2.24) is 15.1 Å². The van der Waals surface area contributed by atoms with E-state index in [2.05, 4.69) is 24.3 Å². The zero-order chi connectivity index (χ0) is 14.0. The van der Waals surface area contributed by atoms with Crippen LogP contribution in [0, 0.1) is 6.92 Å². The summed E-state index contributed by atoms with van der Waals surface area (Å²) in [6.07, 6.45) is 3.45. The highest BCUT2D eigenvalue weighted by Crippen LogP contribution is 2.33. The predicted molar refractivity (Wildman–Crippen MR) is 73.5 cm³/mol. The van der Waals surface area contributed by atoms with E-state index in [-0.39, 0.29) is 12.1 Å². The van der Waals surface area contributed by atoms with Crippen molar-refractivity contribution >= 4 is 0 Å². The largest absolute Gasteiger partial charge is 0.493 e. The van der Waals surface area contributed by atoms with E-state index >= 15 is 0 Å². The van der Waals surface area contributed by atoms with Crippen LogP contribution in [0.25, 0.3) is 0 Å². The molecule has 19 heavy (non-hydrogen) atoms. The van der Waals surface area contributed by atoms with Crippen LogP contribution in [-0.4, -0.2) is 23.9 Å². The Morgan fingerprint density at radius 2 is 2.16 bits per heavy atom. The third kappa shape index (κ3) is 2.38. The van der Waals surface area contributed by atoms with Gasteiger partial charge in [0, 0.05) is 6.04 Å². The summed E-state index contributed by atoms with van der Waals surface area (Å²) in [4.78, 5) is 0. The van der Waals surface area contributed by atoms with Gasteiger partial charge in [-0.15, -0.1) is 0 Å². The fraction of sp³-hybridized carbons (Fsp3) is 0.500. The minimum atomic E-state index is -0.0742. The van der Waals surface area contributed by atoms with Crippen molar-refractivity contribution in [2.75, 3.05) is 14.2 Å². The normalized spacial score (nSPS) is 12.9. The molecule has 0 amide bonds. The van der Waals surface area contributed by atoms with E-state index in [0.717, 1.165) is 22.8 Å². The number of nitrogens with zero attached hydrogens (tertiary/aromatic N) is 2. The van der Waals surface area contributed by atoms with Crippen LogP contribution < -0.4 is 10.1 Å². The third-order valence-corrected chi connectivity index (χ3v) is 3.23. The van der Waals surface area contributed by atoms with Crippen LogP contribution in [0.2, 0.25) is 0 Å². The second kappa shape index (κ2) is 5.48. The summed E-state index contributed by atoms with van der Waals surface area (Å²) in [6.45, 7) is 6.22. The molecule has 0 saturated carbocycles. The van der Waals surface area contributed by atoms with Crippen LogP contribution in [0.4, 0.5) is 0 Å². The van der Waals surface area contributed by atoms with Gasteiger partial charge in [0.1, 0.15) is 17.5 Å². The summed E-state index contributed by atoms with van der Waals surface area (Å²) in [7, 11) is 3.57. The number of hydrogen-bond donors (Lipinski definition) is 1. The van der Waals surface area contributed by atoms with E-state index < -0.39 is 0 Å². The molecule has 1 unspecified atom stereocenters. The Morgan fingerprint density at radius 1 is 1.42 bits per heavy atom. The highest BCUT2D eigenvalue weighted by Gasteiger charge is 2.26. The molecule has 1 N–H and O–H groups in total. The molecule has 0 radical (unpaired) electrons. The van der Waals surface area contributed by atoms with Gasteiger partial charge < -0.3 is 14.5 Å². The first-order valence-electron chi connectivity index (χ1n) is 6.42. The number of furan rings is 1. The van der Waals surface area contributed by atoms with Gasteiger partial charge >= 0.3 is 0 Å². The molecular formula is C14H21N3O2. The molecule has 104 valence electrons. The molecule has 0 aliphatic heterocycles. The van der Waals surface area contributed by atoms with Gasteiger partial charge in [-0.05, 0) is 39.4 Å². The van der Waals surface area contributed by atoms with E-state index in [4.69, 9.17) is 9.15 Å². The molecule has 2 aromatic rings. The van der Waals surface area contributed by atoms with Crippen LogP contribution in [-0.2, 0) is 0 Å². The Morgan fingerprint density at radius 3 is 2.63 bits per heavy atom. The first-order chi connectivity index (χ1) is 9.10. The number of rotatable bonds is 5. The summed E-state index contributed by atoms with van der Waals surface area (Å²) in [6, 6.07) is 2.14. The zero-order valence-corrected chi connectivity index (χ0v) is 12.1. The van der Waals surface area contributed by atoms with Crippen molar-refractivity contribution in [2.45, 2.75) is 32.9 Å². The topological polar surface area (TPSA) is 52.2 Å². The Bertz CT molecular complexity index is 543. The van der Waals surface area contributed by atoms with Crippen molar-refractivity contribution < 1.29 is 9.15 Å². The van der Waals surface area contributed by atoms with E-state index in [1.54, 1.807) is 19.6 Å². The monoisotopic (exact) mass is 263 g/mol. The number of nitrogens with one attached hydrogen (secondary N) is 1. The highest BCUT2D eigenvalue weighted by molar-refractivity contribution is 5.35. The molecule has 2 rings (SSSR count). The summed E-state index contributed by atoms with van der Waals surface area (Å²) in [5, 5.41) is 7.69. The van der Waals surface area contributed by atoms with Crippen LogP contribution in [0.1, 0.15) is 42.9 Å². The lowest BCUT2D eigenvalue weighted by Crippen LogP contribution is -2.23. The number of methoxy groups -OCH3 is 1. The molecular weight excluding hydrogens is 242 g/mol. The molecule has 2 heterocycles. The smallest absolute Gasteiger partial charge is 0.162 e. The number of aromatic nitrogens is 2. The minimum absolute atomic E-state index is 0.0742. The van der Waals surface area contributed by atoms with E-state index in [9.17, 15) is 0 Å². The molecule has 0 aliphatic rings. The second-order valence-corrected chi connectivity index (χ2v) is 4.83. The molecule has 0 aromatic carbocycles. The van der Waals surface area contributed by atoms with E-state index in [1.807, 2.05) is 24.7 Å². The first-order valence-corrected chi connectivity index (χ1v) is 6.42. The van der Waals surface area contributed by atoms with Crippen molar-refractivity contribution in [3.63, 3.8) is 0 Å². The number of hydrogen-bond acceptors (Lipinski definition) is 4. The standard InChI is InChI=1S/C14H21N3O2/c1-9(2)17-13(11(18-5)8-16-17)12(15-4)14-10(3)6-7-19-14/h6-9,12,15H,1-5H3. The van der Waals surface area contributed by atoms with Crippen molar-refractivity contribution in [3.05, 3.63) is 35.5 Å². The Kier molecular flexibility index (Phi) is 3.95. The zero-order valence-electron chi connectivity index (χ0n) is 12.1. The third-order valence-electron chi connectivity index (χ3n) is 3.23. The quantitative estimate of drug-likeness (QED) is 0.901. The molecule has 0 saturated heterocycles. The van der Waals surface area contributed by atoms with Gasteiger partial charge in [0.2, 0.25) is 0 Å². The summed E-state index contributed by atoms with van der Waals surface area (Å²) in [5.41, 5.74) is 2.09. The fourth-order valence-corrected chi connectivity index (χ4v) is 2.27. The summed E-state index contributed by atoms with van der Waals surface area (Å²) >= 11 is 0. The van der Waals surface area contributed by atoms with Gasteiger partial charge in [-0.2, -0.15) is 5.10 Å². The lowest BCUT2D eigenvalue weighted by molar-refractivity contribution is 0.381. The SMILES string of the molecule is CNC(c1occc1C)c1c(OC)cnn1C(C)C. The molecule has 5 heteroatoms. The van der Waals surface area contributed by atoms with E-state index in [0.29, 0.717) is 0 Å². The molecule has 2 aromatic heterocycles.